The summed E-state index contributed by atoms with van der Waals surface area (Å²) < 4.78 is 18.7. The van der Waals surface area contributed by atoms with Crippen LogP contribution in [0.15, 0.2) is 88.6 Å². The second kappa shape index (κ2) is 19.0. The number of unbranched alkanes of at least 4 members (excludes halogenated alkanes) is 7. The molecule has 278 valence electrons. The molecule has 3 aliphatic rings. The van der Waals surface area contributed by atoms with Crippen LogP contribution in [0.1, 0.15) is 144 Å². The molecule has 0 spiro atoms. The smallest absolute Gasteiger partial charge is 0.161 e. The van der Waals surface area contributed by atoms with Gasteiger partial charge in [0.1, 0.15) is 11.5 Å². The first kappa shape index (κ1) is 37.5. The van der Waals surface area contributed by atoms with Crippen molar-refractivity contribution in [1.29, 1.82) is 0 Å². The molecule has 7 nitrogen and oxygen atoms in total. The maximum absolute atomic E-state index is 12.6. The van der Waals surface area contributed by atoms with E-state index in [4.69, 9.17) is 13.9 Å². The molecule has 1 fully saturated rings. The largest absolute Gasteiger partial charge is 0.493 e. The highest BCUT2D eigenvalue weighted by molar-refractivity contribution is 5.92. The van der Waals surface area contributed by atoms with E-state index < -0.39 is 0 Å². The second-order valence-electron chi connectivity index (χ2n) is 15.1. The van der Waals surface area contributed by atoms with E-state index in [1.165, 1.54) is 50.5 Å². The Morgan fingerprint density at radius 2 is 1.37 bits per heavy atom. The molecule has 2 N–H and O–H groups in total. The van der Waals surface area contributed by atoms with Gasteiger partial charge in [-0.1, -0.05) is 88.3 Å². The molecule has 0 aliphatic heterocycles. The summed E-state index contributed by atoms with van der Waals surface area (Å²) in [6.45, 7) is 3.78. The summed E-state index contributed by atoms with van der Waals surface area (Å²) in [5.41, 5.74) is 4.29. The van der Waals surface area contributed by atoms with Crippen LogP contribution in [0.3, 0.4) is 0 Å². The van der Waals surface area contributed by atoms with Crippen LogP contribution >= 0.6 is 0 Å². The Hall–Kier alpha value is -4.26. The highest BCUT2D eigenvalue weighted by Crippen LogP contribution is 2.41. The van der Waals surface area contributed by atoms with Crippen LogP contribution in [-0.4, -0.2) is 31.3 Å². The molecule has 2 aromatic carbocycles. The van der Waals surface area contributed by atoms with Gasteiger partial charge < -0.3 is 24.5 Å². The monoisotopic (exact) mass is 706 g/mol. The lowest BCUT2D eigenvalue weighted by Gasteiger charge is -2.23. The molecule has 52 heavy (non-hydrogen) atoms. The Morgan fingerprint density at radius 1 is 0.692 bits per heavy atom. The van der Waals surface area contributed by atoms with Crippen LogP contribution in [0.25, 0.3) is 0 Å². The number of rotatable bonds is 19. The molecule has 0 bridgehead atoms. The minimum Gasteiger partial charge on any atom is -0.493 e. The summed E-state index contributed by atoms with van der Waals surface area (Å²) in [4.78, 5) is 25.1. The van der Waals surface area contributed by atoms with Crippen molar-refractivity contribution >= 4 is 11.6 Å². The lowest BCUT2D eigenvalue weighted by molar-refractivity contribution is -0.116. The molecule has 4 atom stereocenters. The zero-order valence-electron chi connectivity index (χ0n) is 31.3. The van der Waals surface area contributed by atoms with Gasteiger partial charge in [0.25, 0.3) is 0 Å². The highest BCUT2D eigenvalue weighted by atomic mass is 16.5. The van der Waals surface area contributed by atoms with Gasteiger partial charge in [-0.15, -0.1) is 0 Å². The van der Waals surface area contributed by atoms with E-state index in [1.807, 2.05) is 30.3 Å². The van der Waals surface area contributed by atoms with Gasteiger partial charge in [-0.3, -0.25) is 9.59 Å². The molecule has 1 aromatic heterocycles. The van der Waals surface area contributed by atoms with E-state index in [2.05, 4.69) is 47.9 Å². The number of ketones is 2. The Labute approximate surface area is 310 Å². The number of benzene rings is 2. The van der Waals surface area contributed by atoms with Crippen LogP contribution in [0.5, 0.6) is 11.5 Å². The predicted molar refractivity (Wildman–Crippen MR) is 207 cm³/mol. The van der Waals surface area contributed by atoms with Gasteiger partial charge in [-0.05, 0) is 79.8 Å². The minimum atomic E-state index is 0.0658. The van der Waals surface area contributed by atoms with Crippen molar-refractivity contribution in [3.8, 4) is 11.5 Å². The van der Waals surface area contributed by atoms with Gasteiger partial charge in [0.15, 0.2) is 23.1 Å². The maximum atomic E-state index is 12.6. The first-order valence-electron chi connectivity index (χ1n) is 19.9. The Bertz CT molecular complexity index is 1670. The molecule has 0 amide bonds. The third-order valence-corrected chi connectivity index (χ3v) is 11.0. The van der Waals surface area contributed by atoms with E-state index in [0.717, 1.165) is 79.3 Å². The maximum Gasteiger partial charge on any atom is 0.161 e. The summed E-state index contributed by atoms with van der Waals surface area (Å²) >= 11 is 0. The summed E-state index contributed by atoms with van der Waals surface area (Å²) in [5.74, 6) is 4.28. The lowest BCUT2D eigenvalue weighted by Crippen LogP contribution is -2.22. The lowest BCUT2D eigenvalue weighted by atomic mass is 9.85. The van der Waals surface area contributed by atoms with E-state index in [0.29, 0.717) is 25.1 Å². The normalized spacial score (nSPS) is 21.8. The first-order chi connectivity index (χ1) is 25.5. The van der Waals surface area contributed by atoms with Crippen molar-refractivity contribution in [3.63, 3.8) is 0 Å². The van der Waals surface area contributed by atoms with Crippen molar-refractivity contribution < 1.29 is 23.5 Å². The Kier molecular flexibility index (Phi) is 13.7. The number of hydrogen-bond donors (Lipinski definition) is 2. The summed E-state index contributed by atoms with van der Waals surface area (Å²) in [6.07, 6.45) is 19.5. The molecular weight excluding hydrogens is 649 g/mol. The molecular formula is C45H58N2O5. The number of carbonyl (C=O) groups excluding carboxylic acids is 2. The fraction of sp³-hybridized carbons (Fsp3) is 0.511. The van der Waals surface area contributed by atoms with Crippen LogP contribution in [0.4, 0.5) is 0 Å². The zero-order chi connectivity index (χ0) is 36.1. The zero-order valence-corrected chi connectivity index (χ0v) is 31.3. The van der Waals surface area contributed by atoms with Crippen molar-refractivity contribution in [1.82, 2.24) is 10.6 Å². The molecule has 0 saturated heterocycles. The number of methoxy groups -OCH3 is 1. The molecule has 6 rings (SSSR count). The first-order valence-corrected chi connectivity index (χ1v) is 19.9. The summed E-state index contributed by atoms with van der Waals surface area (Å²) in [5, 5.41) is 7.05. The molecule has 7 heteroatoms. The number of hydrogen-bond acceptors (Lipinski definition) is 7. The fourth-order valence-corrected chi connectivity index (χ4v) is 8.13. The van der Waals surface area contributed by atoms with Crippen LogP contribution in [0.2, 0.25) is 0 Å². The van der Waals surface area contributed by atoms with Crippen molar-refractivity contribution in [3.05, 3.63) is 107 Å². The van der Waals surface area contributed by atoms with Gasteiger partial charge in [0.2, 0.25) is 0 Å². The third kappa shape index (κ3) is 10.6. The minimum absolute atomic E-state index is 0.0658. The second-order valence-corrected chi connectivity index (χ2v) is 15.1. The average Bonchev–Trinajstić information content (AvgIpc) is 3.84. The van der Waals surface area contributed by atoms with Gasteiger partial charge in [0.05, 0.1) is 13.2 Å². The molecule has 3 aliphatic carbocycles. The highest BCUT2D eigenvalue weighted by Gasteiger charge is 2.32. The summed E-state index contributed by atoms with van der Waals surface area (Å²) in [6, 6.07) is 20.6. The van der Waals surface area contributed by atoms with Crippen molar-refractivity contribution in [2.75, 3.05) is 13.7 Å². The van der Waals surface area contributed by atoms with E-state index in [9.17, 15) is 9.59 Å². The number of carbonyl (C=O) groups is 2. The number of ether oxygens (including phenoxy) is 2. The summed E-state index contributed by atoms with van der Waals surface area (Å²) in [7, 11) is 1.68. The predicted octanol–water partition coefficient (Wildman–Crippen LogP) is 10.2. The van der Waals surface area contributed by atoms with Crippen LogP contribution < -0.4 is 20.1 Å². The number of allylic oxidation sites excluding steroid dienone is 4. The van der Waals surface area contributed by atoms with Gasteiger partial charge in [0, 0.05) is 61.3 Å². The van der Waals surface area contributed by atoms with Crippen molar-refractivity contribution in [2.24, 2.45) is 0 Å². The third-order valence-electron chi connectivity index (χ3n) is 11.0. The fourth-order valence-electron chi connectivity index (χ4n) is 8.13. The van der Waals surface area contributed by atoms with Gasteiger partial charge >= 0.3 is 0 Å². The van der Waals surface area contributed by atoms with E-state index in [1.54, 1.807) is 19.3 Å². The molecule has 1 saturated carbocycles. The number of furan rings is 1. The topological polar surface area (TPSA) is 89.8 Å². The molecule has 1 heterocycles. The average molecular weight is 707 g/mol. The molecule has 4 unspecified atom stereocenters. The Balaban J connectivity index is 0.954. The van der Waals surface area contributed by atoms with Crippen molar-refractivity contribution in [2.45, 2.75) is 134 Å². The number of nitrogens with one attached hydrogen (secondary N) is 2. The van der Waals surface area contributed by atoms with Crippen LogP contribution in [-0.2, 0) is 16.1 Å². The van der Waals surface area contributed by atoms with Gasteiger partial charge in [-0.2, -0.15) is 0 Å². The van der Waals surface area contributed by atoms with Gasteiger partial charge in [-0.25, -0.2) is 0 Å². The van der Waals surface area contributed by atoms with E-state index >= 15 is 0 Å². The Morgan fingerprint density at radius 3 is 2.12 bits per heavy atom. The quantitative estimate of drug-likeness (QED) is 0.120. The van der Waals surface area contributed by atoms with E-state index in [-0.39, 0.29) is 35.4 Å². The molecule has 3 aromatic rings. The SMILES string of the molecule is CCCCCCCCCCNC1=CC(=O)CC(c2ccc(C3CCC(Oc4ccc(CNC5=CC(=O)CC(c6ccccc6)C5)cc4OC)C3)o2)C1. The molecule has 0 radical (unpaired) electrons. The van der Waals surface area contributed by atoms with Crippen LogP contribution in [0, 0.1) is 0 Å². The standard InChI is InChI=1S/C45H58N2O5/c1-3-4-5-6-7-8-9-13-22-46-37-25-36(27-40(49)29-37)43-21-20-42(52-43)34-17-18-41(28-34)51-44-19-16-32(23-45(44)50-2)31-47-38-24-35(26-39(48)30-38)33-14-11-10-12-15-33/h10-12,14-16,19-21,23,29-30,34-36,41,46-47H,3-9,13,17-18,22,24-28,31H2,1-2H3.